The summed E-state index contributed by atoms with van der Waals surface area (Å²) in [6.07, 6.45) is 0. The average molecular weight is 308 g/mol. The van der Waals surface area contributed by atoms with Gasteiger partial charge in [0.2, 0.25) is 0 Å². The maximum atomic E-state index is 14.0. The molecule has 0 amide bonds. The van der Waals surface area contributed by atoms with Gasteiger partial charge in [-0.25, -0.2) is 4.39 Å². The lowest BCUT2D eigenvalue weighted by Gasteiger charge is -2.20. The molecule has 0 aliphatic carbocycles. The fourth-order valence-corrected chi connectivity index (χ4v) is 2.50. The number of rotatable bonds is 3. The van der Waals surface area contributed by atoms with Gasteiger partial charge in [-0.1, -0.05) is 40.2 Å². The molecule has 1 atom stereocenters. The Bertz CT molecular complexity index is 554. The van der Waals surface area contributed by atoms with Crippen LogP contribution in [-0.2, 0) is 0 Å². The van der Waals surface area contributed by atoms with Crippen LogP contribution in [0.1, 0.15) is 22.7 Å². The zero-order valence-corrected chi connectivity index (χ0v) is 12.0. The zero-order chi connectivity index (χ0) is 13.1. The van der Waals surface area contributed by atoms with Crippen molar-refractivity contribution in [3.63, 3.8) is 0 Å². The molecule has 2 rings (SSSR count). The van der Waals surface area contributed by atoms with Gasteiger partial charge in [0.25, 0.3) is 0 Å². The van der Waals surface area contributed by atoms with Crippen LogP contribution in [0.25, 0.3) is 0 Å². The van der Waals surface area contributed by atoms with Crippen LogP contribution in [0.2, 0.25) is 0 Å². The van der Waals surface area contributed by atoms with Gasteiger partial charge in [-0.2, -0.15) is 0 Å². The number of hydrogen-bond donors (Lipinski definition) is 1. The number of nitrogens with one attached hydrogen (secondary N) is 1. The molecule has 0 aliphatic rings. The summed E-state index contributed by atoms with van der Waals surface area (Å²) in [5.74, 6) is -0.194. The molecule has 2 aromatic rings. The van der Waals surface area contributed by atoms with E-state index in [9.17, 15) is 4.39 Å². The number of benzene rings is 2. The molecule has 18 heavy (non-hydrogen) atoms. The Balaban J connectivity index is 2.52. The fraction of sp³-hybridized carbons (Fsp3) is 0.200. The van der Waals surface area contributed by atoms with Gasteiger partial charge in [0, 0.05) is 10.0 Å². The average Bonchev–Trinajstić information content (AvgIpc) is 2.36. The number of aryl methyl sites for hydroxylation is 1. The third-order valence-electron chi connectivity index (χ3n) is 3.06. The first-order chi connectivity index (χ1) is 8.63. The Hall–Kier alpha value is -1.19. The molecule has 2 aromatic carbocycles. The highest BCUT2D eigenvalue weighted by Crippen LogP contribution is 2.28. The smallest absolute Gasteiger partial charge is 0.128 e. The fourth-order valence-electron chi connectivity index (χ4n) is 2.13. The van der Waals surface area contributed by atoms with E-state index in [1.54, 1.807) is 6.07 Å². The highest BCUT2D eigenvalue weighted by atomic mass is 79.9. The van der Waals surface area contributed by atoms with Crippen molar-refractivity contribution in [2.45, 2.75) is 13.0 Å². The molecule has 3 heteroatoms. The molecule has 0 fully saturated rings. The normalized spacial score (nSPS) is 12.4. The van der Waals surface area contributed by atoms with E-state index in [0.717, 1.165) is 15.6 Å². The van der Waals surface area contributed by atoms with Crippen LogP contribution in [0.15, 0.2) is 46.9 Å². The lowest BCUT2D eigenvalue weighted by molar-refractivity contribution is 0.575. The third-order valence-corrected chi connectivity index (χ3v) is 3.55. The monoisotopic (exact) mass is 307 g/mol. The predicted octanol–water partition coefficient (Wildman–Crippen LogP) is 4.21. The first kappa shape index (κ1) is 13.2. The van der Waals surface area contributed by atoms with Crippen molar-refractivity contribution in [1.82, 2.24) is 5.32 Å². The second-order valence-electron chi connectivity index (χ2n) is 4.24. The van der Waals surface area contributed by atoms with Crippen molar-refractivity contribution in [2.24, 2.45) is 0 Å². The second-order valence-corrected chi connectivity index (χ2v) is 5.16. The van der Waals surface area contributed by atoms with E-state index < -0.39 is 0 Å². The van der Waals surface area contributed by atoms with E-state index in [1.807, 2.05) is 44.3 Å². The van der Waals surface area contributed by atoms with Gasteiger partial charge in [-0.15, -0.1) is 0 Å². The van der Waals surface area contributed by atoms with Crippen LogP contribution in [0.3, 0.4) is 0 Å². The zero-order valence-electron chi connectivity index (χ0n) is 10.4. The first-order valence-corrected chi connectivity index (χ1v) is 6.60. The molecule has 0 spiro atoms. The van der Waals surface area contributed by atoms with Gasteiger partial charge in [-0.3, -0.25) is 0 Å². The van der Waals surface area contributed by atoms with Gasteiger partial charge < -0.3 is 5.32 Å². The van der Waals surface area contributed by atoms with Gasteiger partial charge in [0.1, 0.15) is 5.82 Å². The molecule has 0 aliphatic heterocycles. The maximum absolute atomic E-state index is 14.0. The third kappa shape index (κ3) is 2.62. The Kier molecular flexibility index (Phi) is 4.15. The molecule has 0 aromatic heterocycles. The highest BCUT2D eigenvalue weighted by Gasteiger charge is 2.17. The maximum Gasteiger partial charge on any atom is 0.128 e. The lowest BCUT2D eigenvalue weighted by Crippen LogP contribution is -2.19. The van der Waals surface area contributed by atoms with Gasteiger partial charge in [0.15, 0.2) is 0 Å². The molecule has 1 nitrogen and oxygen atoms in total. The largest absolute Gasteiger partial charge is 0.309 e. The molecule has 1 unspecified atom stereocenters. The van der Waals surface area contributed by atoms with E-state index in [2.05, 4.69) is 21.2 Å². The van der Waals surface area contributed by atoms with Crippen LogP contribution in [0.4, 0.5) is 4.39 Å². The summed E-state index contributed by atoms with van der Waals surface area (Å²) < 4.78 is 14.8. The predicted molar refractivity (Wildman–Crippen MR) is 76.2 cm³/mol. The summed E-state index contributed by atoms with van der Waals surface area (Å²) in [4.78, 5) is 0. The minimum atomic E-state index is -0.194. The van der Waals surface area contributed by atoms with Crippen LogP contribution in [-0.4, -0.2) is 7.05 Å². The lowest BCUT2D eigenvalue weighted by atomic mass is 9.95. The quantitative estimate of drug-likeness (QED) is 0.896. The number of halogens is 2. The molecule has 94 valence electrons. The minimum absolute atomic E-state index is 0.135. The summed E-state index contributed by atoms with van der Waals surface area (Å²) in [6.45, 7) is 2.04. The Labute approximate surface area is 115 Å². The Morgan fingerprint density at radius 1 is 1.11 bits per heavy atom. The van der Waals surface area contributed by atoms with Crippen LogP contribution in [0.5, 0.6) is 0 Å². The summed E-state index contributed by atoms with van der Waals surface area (Å²) in [6, 6.07) is 12.9. The molecular weight excluding hydrogens is 293 g/mol. The van der Waals surface area contributed by atoms with Crippen molar-refractivity contribution in [3.05, 3.63) is 69.4 Å². The van der Waals surface area contributed by atoms with Crippen molar-refractivity contribution >= 4 is 15.9 Å². The van der Waals surface area contributed by atoms with E-state index in [4.69, 9.17) is 0 Å². The summed E-state index contributed by atoms with van der Waals surface area (Å²) in [7, 11) is 1.84. The molecule has 0 saturated heterocycles. The van der Waals surface area contributed by atoms with Crippen molar-refractivity contribution < 1.29 is 4.39 Å². The molecule has 1 N–H and O–H groups in total. The summed E-state index contributed by atoms with van der Waals surface area (Å²) in [5.41, 5.74) is 2.90. The van der Waals surface area contributed by atoms with Crippen molar-refractivity contribution in [2.75, 3.05) is 7.05 Å². The summed E-state index contributed by atoms with van der Waals surface area (Å²) >= 11 is 3.39. The minimum Gasteiger partial charge on any atom is -0.309 e. The Morgan fingerprint density at radius 3 is 2.50 bits per heavy atom. The SMILES string of the molecule is CNC(c1ccccc1C)c1cc(Br)ccc1F. The molecule has 0 radical (unpaired) electrons. The molecular formula is C15H15BrFN. The van der Waals surface area contributed by atoms with E-state index in [-0.39, 0.29) is 11.9 Å². The highest BCUT2D eigenvalue weighted by molar-refractivity contribution is 9.10. The van der Waals surface area contributed by atoms with Gasteiger partial charge >= 0.3 is 0 Å². The topological polar surface area (TPSA) is 12.0 Å². The van der Waals surface area contributed by atoms with E-state index in [0.29, 0.717) is 5.56 Å². The van der Waals surface area contributed by atoms with Crippen LogP contribution < -0.4 is 5.32 Å². The van der Waals surface area contributed by atoms with E-state index >= 15 is 0 Å². The van der Waals surface area contributed by atoms with Gasteiger partial charge in [-0.05, 0) is 43.3 Å². The van der Waals surface area contributed by atoms with Crippen LogP contribution >= 0.6 is 15.9 Å². The molecule has 0 heterocycles. The standard InChI is InChI=1S/C15H15BrFN/c1-10-5-3-4-6-12(10)15(18-2)13-9-11(16)7-8-14(13)17/h3-9,15,18H,1-2H3. The van der Waals surface area contributed by atoms with Crippen LogP contribution in [0, 0.1) is 12.7 Å². The van der Waals surface area contributed by atoms with Gasteiger partial charge in [0.05, 0.1) is 6.04 Å². The van der Waals surface area contributed by atoms with Crippen molar-refractivity contribution in [1.29, 1.82) is 0 Å². The summed E-state index contributed by atoms with van der Waals surface area (Å²) in [5, 5.41) is 3.18. The second kappa shape index (κ2) is 5.63. The van der Waals surface area contributed by atoms with E-state index in [1.165, 1.54) is 6.07 Å². The first-order valence-electron chi connectivity index (χ1n) is 5.81. The molecule has 0 bridgehead atoms. The number of hydrogen-bond acceptors (Lipinski definition) is 1. The molecule has 0 saturated carbocycles. The Morgan fingerprint density at radius 2 is 1.83 bits per heavy atom. The van der Waals surface area contributed by atoms with Crippen molar-refractivity contribution in [3.8, 4) is 0 Å².